The predicted molar refractivity (Wildman–Crippen MR) is 116 cm³/mol. The summed E-state index contributed by atoms with van der Waals surface area (Å²) in [5.74, 6) is 1.71. The third-order valence-corrected chi connectivity index (χ3v) is 6.83. The van der Waals surface area contributed by atoms with Gasteiger partial charge in [-0.15, -0.1) is 0 Å². The first-order chi connectivity index (χ1) is 15.2. The van der Waals surface area contributed by atoms with Gasteiger partial charge < -0.3 is 19.8 Å². The first-order valence-electron chi connectivity index (χ1n) is 10.9. The van der Waals surface area contributed by atoms with Crippen molar-refractivity contribution in [2.75, 3.05) is 37.6 Å². The van der Waals surface area contributed by atoms with Crippen molar-refractivity contribution in [1.82, 2.24) is 29.7 Å². The fraction of sp³-hybridized carbons (Fsp3) is 0.455. The first-order valence-corrected chi connectivity index (χ1v) is 10.9. The third kappa shape index (κ3) is 3.20. The Morgan fingerprint density at radius 2 is 2.03 bits per heavy atom. The lowest BCUT2D eigenvalue weighted by atomic mass is 9.83. The van der Waals surface area contributed by atoms with Crippen LogP contribution in [0.25, 0.3) is 11.0 Å². The van der Waals surface area contributed by atoms with Crippen LogP contribution >= 0.6 is 0 Å². The Hall–Kier alpha value is -3.20. The minimum absolute atomic E-state index is 0.0280. The van der Waals surface area contributed by atoms with Crippen LogP contribution in [0.2, 0.25) is 0 Å². The highest BCUT2D eigenvalue weighted by Crippen LogP contribution is 2.37. The zero-order valence-electron chi connectivity index (χ0n) is 17.3. The fourth-order valence-corrected chi connectivity index (χ4v) is 5.46. The number of rotatable bonds is 3. The Balaban J connectivity index is 1.28. The molecule has 2 N–H and O–H groups in total. The number of piperazine rings is 1. The van der Waals surface area contributed by atoms with E-state index in [9.17, 15) is 9.59 Å². The van der Waals surface area contributed by atoms with Gasteiger partial charge in [0.25, 0.3) is 5.56 Å². The van der Waals surface area contributed by atoms with Crippen molar-refractivity contribution in [3.05, 3.63) is 52.3 Å². The molecule has 6 rings (SSSR count). The number of piperidine rings is 1. The first kappa shape index (κ1) is 18.6. The van der Waals surface area contributed by atoms with Crippen LogP contribution < -0.4 is 15.8 Å². The number of nitrogens with one attached hydrogen (secondary N) is 2. The van der Waals surface area contributed by atoms with E-state index < -0.39 is 0 Å². The summed E-state index contributed by atoms with van der Waals surface area (Å²) in [6.07, 6.45) is 4.61. The van der Waals surface area contributed by atoms with Crippen LogP contribution in [-0.4, -0.2) is 63.0 Å². The fourth-order valence-electron chi connectivity index (χ4n) is 5.46. The van der Waals surface area contributed by atoms with E-state index in [1.165, 1.54) is 0 Å². The van der Waals surface area contributed by atoms with Crippen molar-refractivity contribution in [1.29, 1.82) is 0 Å². The molecule has 0 aliphatic carbocycles. The average molecular weight is 419 g/mol. The minimum atomic E-state index is 0.0280. The Kier molecular flexibility index (Phi) is 4.31. The molecule has 2 atom stereocenters. The third-order valence-electron chi connectivity index (χ3n) is 6.83. The molecule has 0 aromatic carbocycles. The number of hydrogen-bond donors (Lipinski definition) is 2. The number of H-pyrrole nitrogens is 1. The van der Waals surface area contributed by atoms with Crippen LogP contribution in [0.3, 0.4) is 0 Å². The largest absolute Gasteiger partial charge is 0.355 e. The van der Waals surface area contributed by atoms with E-state index in [0.29, 0.717) is 31.5 Å². The molecular formula is C22H25N7O2. The topological polar surface area (TPSA) is 99.2 Å². The molecule has 0 radical (unpaired) electrons. The minimum Gasteiger partial charge on any atom is -0.355 e. The van der Waals surface area contributed by atoms with Crippen molar-refractivity contribution in [3.8, 4) is 0 Å². The number of amides is 1. The molecule has 3 aromatic heterocycles. The van der Waals surface area contributed by atoms with E-state index in [0.717, 1.165) is 60.7 Å². The SMILES string of the molecule is O=C1CN(Cc2ccc3n(c2=O)C[C@H]2C[C@@H]3CN(c3ncnc4[nH]ccc34)C2)CCN1. The van der Waals surface area contributed by atoms with Crippen molar-refractivity contribution in [3.63, 3.8) is 0 Å². The van der Waals surface area contributed by atoms with Crippen molar-refractivity contribution in [2.45, 2.75) is 25.4 Å². The maximum absolute atomic E-state index is 13.3. The predicted octanol–water partition coefficient (Wildman–Crippen LogP) is 0.675. The number of hydrogen-bond acceptors (Lipinski definition) is 6. The average Bonchev–Trinajstić information content (AvgIpc) is 3.25. The van der Waals surface area contributed by atoms with Gasteiger partial charge >= 0.3 is 0 Å². The molecule has 160 valence electrons. The summed E-state index contributed by atoms with van der Waals surface area (Å²) >= 11 is 0. The van der Waals surface area contributed by atoms with Gasteiger partial charge in [-0.3, -0.25) is 14.5 Å². The summed E-state index contributed by atoms with van der Waals surface area (Å²) in [6, 6.07) is 6.12. The van der Waals surface area contributed by atoms with Crippen LogP contribution in [0.1, 0.15) is 23.6 Å². The maximum atomic E-state index is 13.3. The number of anilines is 1. The monoisotopic (exact) mass is 419 g/mol. The number of carbonyl (C=O) groups is 1. The van der Waals surface area contributed by atoms with Gasteiger partial charge in [0.1, 0.15) is 17.8 Å². The van der Waals surface area contributed by atoms with E-state index in [2.05, 4.69) is 31.2 Å². The van der Waals surface area contributed by atoms with E-state index in [1.807, 2.05) is 27.8 Å². The van der Waals surface area contributed by atoms with Crippen molar-refractivity contribution < 1.29 is 4.79 Å². The van der Waals surface area contributed by atoms with Gasteiger partial charge in [0, 0.05) is 62.6 Å². The number of pyridine rings is 1. The lowest BCUT2D eigenvalue weighted by molar-refractivity contribution is -0.124. The molecular weight excluding hydrogens is 394 g/mol. The Morgan fingerprint density at radius 3 is 2.94 bits per heavy atom. The molecule has 3 aromatic rings. The Bertz CT molecular complexity index is 1220. The summed E-state index contributed by atoms with van der Waals surface area (Å²) in [4.78, 5) is 41.4. The highest BCUT2D eigenvalue weighted by molar-refractivity contribution is 5.87. The molecule has 9 heteroatoms. The van der Waals surface area contributed by atoms with Gasteiger partial charge in [0.15, 0.2) is 0 Å². The molecule has 3 aliphatic heterocycles. The zero-order valence-corrected chi connectivity index (χ0v) is 17.3. The second kappa shape index (κ2) is 7.19. The number of carbonyl (C=O) groups excluding carboxylic acids is 1. The number of aromatic amines is 1. The second-order valence-corrected chi connectivity index (χ2v) is 8.90. The van der Waals surface area contributed by atoms with E-state index in [4.69, 9.17) is 0 Å². The summed E-state index contributed by atoms with van der Waals surface area (Å²) in [7, 11) is 0. The molecule has 2 bridgehead atoms. The smallest absolute Gasteiger partial charge is 0.255 e. The summed E-state index contributed by atoms with van der Waals surface area (Å²) in [5.41, 5.74) is 2.85. The van der Waals surface area contributed by atoms with Crippen molar-refractivity contribution >= 4 is 22.8 Å². The van der Waals surface area contributed by atoms with Crippen molar-refractivity contribution in [2.24, 2.45) is 5.92 Å². The van der Waals surface area contributed by atoms with Crippen LogP contribution in [0.15, 0.2) is 35.5 Å². The summed E-state index contributed by atoms with van der Waals surface area (Å²) < 4.78 is 1.99. The van der Waals surface area contributed by atoms with Crippen LogP contribution in [0.5, 0.6) is 0 Å². The molecule has 1 amide bonds. The summed E-state index contributed by atoms with van der Waals surface area (Å²) in [5, 5.41) is 3.88. The van der Waals surface area contributed by atoms with E-state index in [1.54, 1.807) is 6.33 Å². The number of fused-ring (bicyclic) bond motifs is 5. The molecule has 6 heterocycles. The van der Waals surface area contributed by atoms with Gasteiger partial charge in [-0.2, -0.15) is 0 Å². The van der Waals surface area contributed by atoms with E-state index >= 15 is 0 Å². The Morgan fingerprint density at radius 1 is 1.10 bits per heavy atom. The van der Waals surface area contributed by atoms with Gasteiger partial charge in [-0.25, -0.2) is 9.97 Å². The second-order valence-electron chi connectivity index (χ2n) is 8.90. The van der Waals surface area contributed by atoms with E-state index in [-0.39, 0.29) is 11.5 Å². The molecule has 2 fully saturated rings. The molecule has 3 aliphatic rings. The zero-order chi connectivity index (χ0) is 20.9. The standard InChI is InChI=1S/C22H25N7O2/c30-19-12-27(6-5-23-19)10-15-1-2-18-16-7-14(9-29(18)22(15)31)8-28(11-16)21-17-3-4-24-20(17)25-13-26-21/h1-4,13-14,16H,5-12H2,(H,23,30)(H,24,25,26)/t14-,16+/m0/s1. The molecule has 0 spiro atoms. The Labute approximate surface area is 179 Å². The lowest BCUT2D eigenvalue weighted by Gasteiger charge is -2.43. The normalized spacial score (nSPS) is 23.6. The lowest BCUT2D eigenvalue weighted by Crippen LogP contribution is -2.49. The molecule has 2 saturated heterocycles. The molecule has 0 unspecified atom stereocenters. The van der Waals surface area contributed by atoms with Gasteiger partial charge in [0.05, 0.1) is 11.9 Å². The number of nitrogens with zero attached hydrogens (tertiary/aromatic N) is 5. The van der Waals surface area contributed by atoms with Crippen LogP contribution in [0.4, 0.5) is 5.82 Å². The van der Waals surface area contributed by atoms with Crippen LogP contribution in [0, 0.1) is 5.92 Å². The van der Waals surface area contributed by atoms with Gasteiger partial charge in [-0.05, 0) is 24.5 Å². The maximum Gasteiger partial charge on any atom is 0.255 e. The molecule has 0 saturated carbocycles. The highest BCUT2D eigenvalue weighted by Gasteiger charge is 2.36. The quantitative estimate of drug-likeness (QED) is 0.648. The summed E-state index contributed by atoms with van der Waals surface area (Å²) in [6.45, 7) is 4.77. The van der Waals surface area contributed by atoms with Gasteiger partial charge in [-0.1, -0.05) is 6.07 Å². The highest BCUT2D eigenvalue weighted by atomic mass is 16.2. The van der Waals surface area contributed by atoms with Gasteiger partial charge in [0.2, 0.25) is 5.91 Å². The van der Waals surface area contributed by atoms with Crippen LogP contribution in [-0.2, 0) is 17.9 Å². The molecule has 9 nitrogen and oxygen atoms in total. The molecule has 31 heavy (non-hydrogen) atoms. The number of aromatic nitrogens is 4.